The zero-order valence-corrected chi connectivity index (χ0v) is 14.7. The first-order chi connectivity index (χ1) is 12.9. The van der Waals surface area contributed by atoms with Crippen molar-refractivity contribution in [3.8, 4) is 0 Å². The van der Waals surface area contributed by atoms with Crippen LogP contribution in [-0.2, 0) is 11.2 Å². The van der Waals surface area contributed by atoms with Crippen LogP contribution in [0.1, 0.15) is 40.9 Å². The summed E-state index contributed by atoms with van der Waals surface area (Å²) in [7, 11) is 0. The van der Waals surface area contributed by atoms with Gasteiger partial charge in [0.2, 0.25) is 5.91 Å². The summed E-state index contributed by atoms with van der Waals surface area (Å²) in [5, 5.41) is 6.60. The molecule has 1 unspecified atom stereocenters. The molecule has 2 N–H and O–H groups in total. The van der Waals surface area contributed by atoms with Crippen molar-refractivity contribution in [3.05, 3.63) is 70.8 Å². The zero-order valence-electron chi connectivity index (χ0n) is 14.7. The largest absolute Gasteiger partial charge is 0.347 e. The molecule has 0 radical (unpaired) electrons. The lowest BCUT2D eigenvalue weighted by Gasteiger charge is -2.17. The average molecular weight is 377 g/mol. The normalized spacial score (nSPS) is 12.4. The fraction of sp³-hybridized carbons (Fsp3) is 0.278. The lowest BCUT2D eigenvalue weighted by atomic mass is 10.0. The molecule has 3 rings (SSSR count). The van der Waals surface area contributed by atoms with Crippen LogP contribution in [0.3, 0.4) is 0 Å². The second kappa shape index (κ2) is 7.65. The SMILES string of the molecule is Cc1nn(C(F)F)c(C)c1CC(=O)NC(c1ccc(F)cc1)c1ncc[nH]1. The zero-order chi connectivity index (χ0) is 19.6. The number of imidazole rings is 1. The highest BCUT2D eigenvalue weighted by molar-refractivity contribution is 5.80. The molecule has 1 aromatic carbocycles. The molecule has 6 nitrogen and oxygen atoms in total. The first-order valence-corrected chi connectivity index (χ1v) is 8.23. The van der Waals surface area contributed by atoms with Crippen LogP contribution < -0.4 is 5.32 Å². The molecule has 0 aliphatic rings. The van der Waals surface area contributed by atoms with Crippen LogP contribution in [0.5, 0.6) is 0 Å². The third-order valence-electron chi connectivity index (χ3n) is 4.30. The van der Waals surface area contributed by atoms with Crippen molar-refractivity contribution in [1.29, 1.82) is 0 Å². The number of carbonyl (C=O) groups is 1. The van der Waals surface area contributed by atoms with Gasteiger partial charge in [-0.3, -0.25) is 4.79 Å². The van der Waals surface area contributed by atoms with E-state index in [9.17, 15) is 18.0 Å². The first kappa shape index (κ1) is 18.7. The third kappa shape index (κ3) is 4.02. The number of aromatic nitrogens is 4. The summed E-state index contributed by atoms with van der Waals surface area (Å²) in [6.07, 6.45) is 3.04. The topological polar surface area (TPSA) is 75.6 Å². The van der Waals surface area contributed by atoms with Crippen LogP contribution in [-0.4, -0.2) is 25.7 Å². The molecule has 1 amide bonds. The summed E-state index contributed by atoms with van der Waals surface area (Å²) in [6.45, 7) is 0.313. The van der Waals surface area contributed by atoms with E-state index in [1.165, 1.54) is 19.1 Å². The van der Waals surface area contributed by atoms with Gasteiger partial charge in [0.1, 0.15) is 17.7 Å². The highest BCUT2D eigenvalue weighted by Crippen LogP contribution is 2.22. The fourth-order valence-electron chi connectivity index (χ4n) is 2.92. The number of aryl methyl sites for hydroxylation is 1. The van der Waals surface area contributed by atoms with Crippen LogP contribution >= 0.6 is 0 Å². The number of halogens is 3. The quantitative estimate of drug-likeness (QED) is 0.693. The molecule has 0 spiro atoms. The highest BCUT2D eigenvalue weighted by atomic mass is 19.3. The molecule has 9 heteroatoms. The molecule has 27 heavy (non-hydrogen) atoms. The summed E-state index contributed by atoms with van der Waals surface area (Å²) >= 11 is 0. The first-order valence-electron chi connectivity index (χ1n) is 8.23. The fourth-order valence-corrected chi connectivity index (χ4v) is 2.92. The average Bonchev–Trinajstić information content (AvgIpc) is 3.24. The van der Waals surface area contributed by atoms with Gasteiger partial charge in [0.25, 0.3) is 0 Å². The maximum absolute atomic E-state index is 13.2. The Kier molecular flexibility index (Phi) is 5.29. The molecular weight excluding hydrogens is 359 g/mol. The number of hydrogen-bond acceptors (Lipinski definition) is 3. The maximum atomic E-state index is 13.2. The third-order valence-corrected chi connectivity index (χ3v) is 4.30. The second-order valence-electron chi connectivity index (χ2n) is 6.07. The summed E-state index contributed by atoms with van der Waals surface area (Å²) in [6, 6.07) is 5.05. The molecule has 1 atom stereocenters. The standard InChI is InChI=1S/C18H18F3N5O/c1-10-14(11(2)26(25-10)18(20)21)9-15(27)24-16(17-22-7-8-23-17)12-3-5-13(19)6-4-12/h3-8,16,18H,9H2,1-2H3,(H,22,23)(H,24,27). The molecule has 2 heterocycles. The van der Waals surface area contributed by atoms with Crippen molar-refractivity contribution in [2.24, 2.45) is 0 Å². The molecule has 0 saturated carbocycles. The highest BCUT2D eigenvalue weighted by Gasteiger charge is 2.23. The number of amides is 1. The van der Waals surface area contributed by atoms with Gasteiger partial charge >= 0.3 is 6.55 Å². The van der Waals surface area contributed by atoms with Crippen LogP contribution in [0.25, 0.3) is 0 Å². The summed E-state index contributed by atoms with van der Waals surface area (Å²) in [4.78, 5) is 19.7. The van der Waals surface area contributed by atoms with E-state index in [1.54, 1.807) is 31.5 Å². The minimum absolute atomic E-state index is 0.108. The van der Waals surface area contributed by atoms with Crippen molar-refractivity contribution in [3.63, 3.8) is 0 Å². The Balaban J connectivity index is 1.83. The molecule has 0 aliphatic carbocycles. The molecular formula is C18H18F3N5O. The number of rotatable bonds is 6. The van der Waals surface area contributed by atoms with E-state index in [2.05, 4.69) is 20.4 Å². The Morgan fingerprint density at radius 1 is 1.26 bits per heavy atom. The van der Waals surface area contributed by atoms with Crippen molar-refractivity contribution < 1.29 is 18.0 Å². The van der Waals surface area contributed by atoms with Gasteiger partial charge in [-0.15, -0.1) is 0 Å². The van der Waals surface area contributed by atoms with Crippen LogP contribution in [0, 0.1) is 19.7 Å². The Bertz CT molecular complexity index is 919. The Morgan fingerprint density at radius 3 is 2.52 bits per heavy atom. The minimum atomic E-state index is -2.77. The molecule has 142 valence electrons. The van der Waals surface area contributed by atoms with Gasteiger partial charge in [-0.2, -0.15) is 13.9 Å². The van der Waals surface area contributed by atoms with Gasteiger partial charge in [0, 0.05) is 23.7 Å². The second-order valence-corrected chi connectivity index (χ2v) is 6.07. The molecule has 0 saturated heterocycles. The van der Waals surface area contributed by atoms with E-state index < -0.39 is 18.4 Å². The van der Waals surface area contributed by atoms with Crippen molar-refractivity contribution in [2.75, 3.05) is 0 Å². The molecule has 3 aromatic rings. The number of nitrogens with one attached hydrogen (secondary N) is 2. The lowest BCUT2D eigenvalue weighted by molar-refractivity contribution is -0.121. The van der Waals surface area contributed by atoms with Crippen LogP contribution in [0.4, 0.5) is 13.2 Å². The van der Waals surface area contributed by atoms with E-state index in [1.807, 2.05) is 0 Å². The molecule has 0 fully saturated rings. The van der Waals surface area contributed by atoms with Gasteiger partial charge in [-0.25, -0.2) is 14.1 Å². The van der Waals surface area contributed by atoms with Gasteiger partial charge < -0.3 is 10.3 Å². The molecule has 2 aromatic heterocycles. The Morgan fingerprint density at radius 2 is 1.96 bits per heavy atom. The number of aromatic amines is 1. The van der Waals surface area contributed by atoms with Crippen LogP contribution in [0.15, 0.2) is 36.7 Å². The number of H-pyrrole nitrogens is 1. The van der Waals surface area contributed by atoms with Gasteiger partial charge in [0.15, 0.2) is 0 Å². The predicted molar refractivity (Wildman–Crippen MR) is 91.6 cm³/mol. The number of benzene rings is 1. The van der Waals surface area contributed by atoms with E-state index in [0.717, 1.165) is 0 Å². The Hall–Kier alpha value is -3.10. The maximum Gasteiger partial charge on any atom is 0.333 e. The smallest absolute Gasteiger partial charge is 0.333 e. The van der Waals surface area contributed by atoms with Crippen LogP contribution in [0.2, 0.25) is 0 Å². The minimum Gasteiger partial charge on any atom is -0.347 e. The number of alkyl halides is 2. The summed E-state index contributed by atoms with van der Waals surface area (Å²) in [5.41, 5.74) is 1.70. The number of hydrogen-bond donors (Lipinski definition) is 2. The van der Waals surface area contributed by atoms with Gasteiger partial charge in [-0.05, 0) is 31.5 Å². The van der Waals surface area contributed by atoms with Gasteiger partial charge in [0.05, 0.1) is 12.1 Å². The van der Waals surface area contributed by atoms with E-state index >= 15 is 0 Å². The number of carbonyl (C=O) groups excluding carboxylic acids is 1. The van der Waals surface area contributed by atoms with E-state index in [4.69, 9.17) is 0 Å². The summed E-state index contributed by atoms with van der Waals surface area (Å²) in [5.74, 6) is -0.304. The Labute approximate surface area is 153 Å². The van der Waals surface area contributed by atoms with Crippen molar-refractivity contribution in [1.82, 2.24) is 25.1 Å². The lowest BCUT2D eigenvalue weighted by Crippen LogP contribution is -2.31. The monoisotopic (exact) mass is 377 g/mol. The van der Waals surface area contributed by atoms with E-state index in [0.29, 0.717) is 27.3 Å². The molecule has 0 bridgehead atoms. The van der Waals surface area contributed by atoms with E-state index in [-0.39, 0.29) is 18.0 Å². The van der Waals surface area contributed by atoms with Crippen molar-refractivity contribution in [2.45, 2.75) is 32.9 Å². The van der Waals surface area contributed by atoms with Gasteiger partial charge in [-0.1, -0.05) is 12.1 Å². The summed E-state index contributed by atoms with van der Waals surface area (Å²) < 4.78 is 39.7. The van der Waals surface area contributed by atoms with Crippen molar-refractivity contribution >= 4 is 5.91 Å². The number of nitrogens with zero attached hydrogens (tertiary/aromatic N) is 3. The predicted octanol–water partition coefficient (Wildman–Crippen LogP) is 3.21. The molecule has 0 aliphatic heterocycles.